The highest BCUT2D eigenvalue weighted by Crippen LogP contribution is 2.12. The molecule has 0 saturated heterocycles. The normalized spacial score (nSPS) is 11.7. The first-order valence-corrected chi connectivity index (χ1v) is 19.5. The molecular formula is C35H66BrN3O10. The third kappa shape index (κ3) is 35.8. The van der Waals surface area contributed by atoms with Crippen LogP contribution < -0.4 is 16.0 Å². The van der Waals surface area contributed by atoms with Gasteiger partial charge in [-0.05, 0) is 25.7 Å². The summed E-state index contributed by atoms with van der Waals surface area (Å²) < 4.78 is 27.0. The highest BCUT2D eigenvalue weighted by atomic mass is 79.9. The van der Waals surface area contributed by atoms with Crippen LogP contribution in [0.2, 0.25) is 0 Å². The maximum Gasteiger partial charge on any atom is 0.326 e. The molecule has 1 atom stereocenters. The molecule has 49 heavy (non-hydrogen) atoms. The summed E-state index contributed by atoms with van der Waals surface area (Å²) in [5, 5.41) is 17.9. The Morgan fingerprint density at radius 2 is 1.00 bits per heavy atom. The van der Waals surface area contributed by atoms with E-state index < -0.39 is 12.0 Å². The Morgan fingerprint density at radius 3 is 1.51 bits per heavy atom. The summed E-state index contributed by atoms with van der Waals surface area (Å²) >= 11 is 3.07. The lowest BCUT2D eigenvalue weighted by atomic mass is 10.0. The predicted octanol–water partition coefficient (Wildman–Crippen LogP) is 4.53. The molecule has 288 valence electrons. The molecule has 0 fully saturated rings. The van der Waals surface area contributed by atoms with Crippen LogP contribution in [0.25, 0.3) is 0 Å². The van der Waals surface area contributed by atoms with Crippen molar-refractivity contribution >= 4 is 39.6 Å². The Balaban J connectivity index is 3.53. The molecule has 0 aliphatic rings. The number of hydrogen-bond donors (Lipinski definition) is 4. The van der Waals surface area contributed by atoms with Gasteiger partial charge in [-0.3, -0.25) is 14.4 Å². The summed E-state index contributed by atoms with van der Waals surface area (Å²) in [6, 6.07) is -0.902. The molecular weight excluding hydrogens is 702 g/mol. The minimum atomic E-state index is -1.03. The lowest BCUT2D eigenvalue weighted by Gasteiger charge is -2.14. The van der Waals surface area contributed by atoms with Gasteiger partial charge < -0.3 is 44.7 Å². The second kappa shape index (κ2) is 37.4. The highest BCUT2D eigenvalue weighted by molar-refractivity contribution is 9.09. The number of alkyl halides is 1. The number of hydrogen-bond acceptors (Lipinski definition) is 9. The average molecular weight is 769 g/mol. The third-order valence-electron chi connectivity index (χ3n) is 7.53. The van der Waals surface area contributed by atoms with E-state index in [-0.39, 0.29) is 36.1 Å². The minimum Gasteiger partial charge on any atom is -0.480 e. The van der Waals surface area contributed by atoms with Crippen molar-refractivity contribution in [2.75, 3.05) is 84.5 Å². The molecule has 0 bridgehead atoms. The molecule has 0 spiro atoms. The van der Waals surface area contributed by atoms with Crippen LogP contribution in [0.3, 0.4) is 0 Å². The van der Waals surface area contributed by atoms with Crippen molar-refractivity contribution in [1.29, 1.82) is 0 Å². The van der Waals surface area contributed by atoms with Crippen LogP contribution in [0.4, 0.5) is 0 Å². The number of amides is 3. The molecule has 4 N–H and O–H groups in total. The lowest BCUT2D eigenvalue weighted by molar-refractivity contribution is -0.142. The first-order chi connectivity index (χ1) is 23.9. The Kier molecular flexibility index (Phi) is 36.0. The van der Waals surface area contributed by atoms with Gasteiger partial charge >= 0.3 is 5.97 Å². The topological polar surface area (TPSA) is 171 Å². The SMILES string of the molecule is CCCCCCCCCCCCCC(=O)NC(CCCCNC(=O)CCOCCOCCOCCOCCOCCNC(=O)CBr)C(=O)O. The van der Waals surface area contributed by atoms with Crippen molar-refractivity contribution in [3.63, 3.8) is 0 Å². The molecule has 1 unspecified atom stereocenters. The number of aliphatic carboxylic acids is 1. The molecule has 0 radical (unpaired) electrons. The molecule has 0 aromatic rings. The average Bonchev–Trinajstić information content (AvgIpc) is 3.09. The Labute approximate surface area is 303 Å². The molecule has 14 heteroatoms. The summed E-state index contributed by atoms with van der Waals surface area (Å²) in [6.45, 7) is 7.31. The van der Waals surface area contributed by atoms with Crippen molar-refractivity contribution in [3.8, 4) is 0 Å². The Morgan fingerprint density at radius 1 is 0.531 bits per heavy atom. The van der Waals surface area contributed by atoms with E-state index in [1.807, 2.05) is 0 Å². The number of carbonyl (C=O) groups excluding carboxylic acids is 3. The van der Waals surface area contributed by atoms with E-state index in [4.69, 9.17) is 23.7 Å². The van der Waals surface area contributed by atoms with Crippen molar-refractivity contribution in [3.05, 3.63) is 0 Å². The molecule has 0 aliphatic heterocycles. The van der Waals surface area contributed by atoms with Crippen LogP contribution in [0.15, 0.2) is 0 Å². The third-order valence-corrected chi connectivity index (χ3v) is 8.04. The van der Waals surface area contributed by atoms with Gasteiger partial charge in [-0.2, -0.15) is 0 Å². The predicted molar refractivity (Wildman–Crippen MR) is 193 cm³/mol. The van der Waals surface area contributed by atoms with Crippen LogP contribution in [0.1, 0.15) is 110 Å². The number of halogens is 1. The van der Waals surface area contributed by atoms with E-state index in [1.54, 1.807) is 0 Å². The van der Waals surface area contributed by atoms with E-state index in [2.05, 4.69) is 38.8 Å². The zero-order valence-corrected chi connectivity index (χ0v) is 31.7. The van der Waals surface area contributed by atoms with Crippen molar-refractivity contribution in [1.82, 2.24) is 16.0 Å². The molecule has 3 amide bonds. The van der Waals surface area contributed by atoms with E-state index in [0.29, 0.717) is 98.2 Å². The van der Waals surface area contributed by atoms with Crippen molar-refractivity contribution in [2.45, 2.75) is 116 Å². The van der Waals surface area contributed by atoms with Gasteiger partial charge in [0.05, 0.1) is 71.4 Å². The molecule has 0 aliphatic carbocycles. The van der Waals surface area contributed by atoms with Crippen molar-refractivity contribution in [2.24, 2.45) is 0 Å². The number of carboxylic acid groups (broad SMARTS) is 1. The fourth-order valence-electron chi connectivity index (χ4n) is 4.72. The van der Waals surface area contributed by atoms with E-state index >= 15 is 0 Å². The molecule has 0 saturated carbocycles. The monoisotopic (exact) mass is 767 g/mol. The van der Waals surface area contributed by atoms with E-state index in [1.165, 1.54) is 51.4 Å². The molecule has 0 heterocycles. The maximum absolute atomic E-state index is 12.2. The molecule has 0 aromatic carbocycles. The van der Waals surface area contributed by atoms with Gasteiger partial charge in [0.25, 0.3) is 0 Å². The van der Waals surface area contributed by atoms with E-state index in [0.717, 1.165) is 19.3 Å². The quantitative estimate of drug-likeness (QED) is 0.0517. The number of unbranched alkanes of at least 4 members (excludes halogenated alkanes) is 11. The maximum atomic E-state index is 12.2. The number of nitrogens with one attached hydrogen (secondary N) is 3. The van der Waals surface area contributed by atoms with Gasteiger partial charge in [0.1, 0.15) is 6.04 Å². The zero-order chi connectivity index (χ0) is 36.0. The van der Waals surface area contributed by atoms with Gasteiger partial charge in [0.2, 0.25) is 17.7 Å². The Hall–Kier alpha value is -1.84. The first-order valence-electron chi connectivity index (χ1n) is 18.4. The zero-order valence-electron chi connectivity index (χ0n) is 30.1. The largest absolute Gasteiger partial charge is 0.480 e. The van der Waals surface area contributed by atoms with Gasteiger partial charge in [0.15, 0.2) is 0 Å². The smallest absolute Gasteiger partial charge is 0.326 e. The van der Waals surface area contributed by atoms with Gasteiger partial charge in [-0.1, -0.05) is 87.1 Å². The fourth-order valence-corrected chi connectivity index (χ4v) is 4.92. The fraction of sp³-hybridized carbons (Fsp3) is 0.886. The van der Waals surface area contributed by atoms with Crippen LogP contribution in [0, 0.1) is 0 Å². The second-order valence-corrected chi connectivity index (χ2v) is 12.4. The lowest BCUT2D eigenvalue weighted by Crippen LogP contribution is -2.40. The van der Waals surface area contributed by atoms with Gasteiger partial charge in [0, 0.05) is 25.9 Å². The number of rotatable bonds is 38. The van der Waals surface area contributed by atoms with Crippen LogP contribution >= 0.6 is 15.9 Å². The molecule has 13 nitrogen and oxygen atoms in total. The standard InChI is InChI=1S/C35H66BrN3O10/c1-2-3-4-5-6-7-8-9-10-11-12-16-33(41)39-31(35(43)44)15-13-14-18-37-32(40)17-20-45-22-24-47-26-28-49-29-27-48-25-23-46-21-19-38-34(42)30-36/h31H,2-30H2,1H3,(H,37,40)(H,38,42)(H,39,41)(H,43,44). The molecule has 0 aromatic heterocycles. The van der Waals surface area contributed by atoms with Gasteiger partial charge in [-0.15, -0.1) is 0 Å². The van der Waals surface area contributed by atoms with E-state index in [9.17, 15) is 24.3 Å². The minimum absolute atomic E-state index is 0.0719. The Bertz CT molecular complexity index is 810. The van der Waals surface area contributed by atoms with Crippen molar-refractivity contribution < 1.29 is 48.0 Å². The van der Waals surface area contributed by atoms with Crippen LogP contribution in [-0.2, 0) is 42.9 Å². The van der Waals surface area contributed by atoms with Gasteiger partial charge in [-0.25, -0.2) is 4.79 Å². The number of carboxylic acids is 1. The summed E-state index contributed by atoms with van der Waals surface area (Å²) in [5.41, 5.74) is 0. The summed E-state index contributed by atoms with van der Waals surface area (Å²) in [7, 11) is 0. The summed E-state index contributed by atoms with van der Waals surface area (Å²) in [6.07, 6.45) is 15.4. The molecule has 0 rings (SSSR count). The summed E-state index contributed by atoms with van der Waals surface area (Å²) in [5.74, 6) is -1.43. The summed E-state index contributed by atoms with van der Waals surface area (Å²) in [4.78, 5) is 46.9. The number of ether oxygens (including phenoxy) is 5. The first kappa shape index (κ1) is 47.2. The van der Waals surface area contributed by atoms with Crippen LogP contribution in [0.5, 0.6) is 0 Å². The second-order valence-electron chi connectivity index (χ2n) is 11.9. The van der Waals surface area contributed by atoms with Crippen LogP contribution in [-0.4, -0.2) is 119 Å². The number of carbonyl (C=O) groups is 4. The highest BCUT2D eigenvalue weighted by Gasteiger charge is 2.19.